The molecule has 0 saturated carbocycles. The number of benzene rings is 2. The SMILES string of the molecule is C=CC(c1cc2ccc(Cl)cc2s1)S(=O)(=O)N1CCN(Cc2nc(-c3ccccc3)cs2)CC1. The molecule has 0 amide bonds. The number of nitrogens with zero attached hydrogens (tertiary/aromatic N) is 3. The van der Waals surface area contributed by atoms with Crippen molar-refractivity contribution in [3.8, 4) is 11.3 Å². The number of hydrogen-bond donors (Lipinski definition) is 0. The summed E-state index contributed by atoms with van der Waals surface area (Å²) in [5.74, 6) is 0. The van der Waals surface area contributed by atoms with Gasteiger partial charge in [-0.05, 0) is 23.6 Å². The van der Waals surface area contributed by atoms with E-state index in [2.05, 4.69) is 29.0 Å². The van der Waals surface area contributed by atoms with Gasteiger partial charge in [0.2, 0.25) is 10.0 Å². The van der Waals surface area contributed by atoms with E-state index in [0.29, 0.717) is 31.2 Å². The minimum absolute atomic E-state index is 0.459. The lowest BCUT2D eigenvalue weighted by atomic mass is 10.2. The van der Waals surface area contributed by atoms with Crippen LogP contribution >= 0.6 is 34.3 Å². The molecule has 2 aromatic heterocycles. The first-order valence-electron chi connectivity index (χ1n) is 11.0. The molecule has 9 heteroatoms. The highest BCUT2D eigenvalue weighted by molar-refractivity contribution is 7.89. The van der Waals surface area contributed by atoms with Crippen LogP contribution in [-0.4, -0.2) is 48.8 Å². The Morgan fingerprint density at radius 1 is 1.09 bits per heavy atom. The van der Waals surface area contributed by atoms with Crippen LogP contribution < -0.4 is 0 Å². The van der Waals surface area contributed by atoms with Gasteiger partial charge in [-0.3, -0.25) is 4.90 Å². The molecule has 0 aliphatic carbocycles. The summed E-state index contributed by atoms with van der Waals surface area (Å²) in [6.45, 7) is 6.83. The van der Waals surface area contributed by atoms with Crippen LogP contribution in [0.3, 0.4) is 0 Å². The van der Waals surface area contributed by atoms with Crippen molar-refractivity contribution in [3.63, 3.8) is 0 Å². The maximum atomic E-state index is 13.5. The van der Waals surface area contributed by atoms with Gasteiger partial charge < -0.3 is 0 Å². The van der Waals surface area contributed by atoms with Gasteiger partial charge in [0.1, 0.15) is 10.3 Å². The first-order chi connectivity index (χ1) is 16.4. The largest absolute Gasteiger partial charge is 0.294 e. The number of sulfonamides is 1. The summed E-state index contributed by atoms with van der Waals surface area (Å²) < 4.78 is 29.6. The molecule has 4 aromatic rings. The van der Waals surface area contributed by atoms with Crippen LogP contribution in [0.5, 0.6) is 0 Å². The van der Waals surface area contributed by atoms with E-state index in [1.807, 2.05) is 42.5 Å². The van der Waals surface area contributed by atoms with Gasteiger partial charge in [-0.2, -0.15) is 4.31 Å². The third-order valence-corrected chi connectivity index (χ3v) is 10.6. The number of piperazine rings is 1. The van der Waals surface area contributed by atoms with Crippen LogP contribution in [0.25, 0.3) is 21.3 Å². The number of hydrogen-bond acceptors (Lipinski definition) is 6. The summed E-state index contributed by atoms with van der Waals surface area (Å²) >= 11 is 9.21. The fraction of sp³-hybridized carbons (Fsp3) is 0.240. The average Bonchev–Trinajstić information content (AvgIpc) is 3.47. The van der Waals surface area contributed by atoms with E-state index in [1.54, 1.807) is 15.6 Å². The lowest BCUT2D eigenvalue weighted by Gasteiger charge is -2.34. The van der Waals surface area contributed by atoms with Crippen LogP contribution in [0.4, 0.5) is 0 Å². The molecule has 1 aliphatic rings. The first kappa shape index (κ1) is 23.7. The number of aromatic nitrogens is 1. The number of thiazole rings is 1. The summed E-state index contributed by atoms with van der Waals surface area (Å²) in [5, 5.41) is 4.00. The van der Waals surface area contributed by atoms with E-state index in [0.717, 1.165) is 37.8 Å². The van der Waals surface area contributed by atoms with Crippen molar-refractivity contribution in [2.75, 3.05) is 26.2 Å². The lowest BCUT2D eigenvalue weighted by Crippen LogP contribution is -2.49. The lowest BCUT2D eigenvalue weighted by molar-refractivity contribution is 0.181. The zero-order valence-corrected chi connectivity index (χ0v) is 21.6. The Kier molecular flexibility index (Phi) is 6.88. The Bertz CT molecular complexity index is 1410. The molecule has 1 saturated heterocycles. The van der Waals surface area contributed by atoms with E-state index in [9.17, 15) is 8.42 Å². The minimum Gasteiger partial charge on any atom is -0.294 e. The van der Waals surface area contributed by atoms with E-state index in [1.165, 1.54) is 17.4 Å². The van der Waals surface area contributed by atoms with Crippen molar-refractivity contribution in [2.45, 2.75) is 11.8 Å². The molecule has 2 aromatic carbocycles. The molecule has 1 atom stereocenters. The molecule has 0 bridgehead atoms. The van der Waals surface area contributed by atoms with E-state index >= 15 is 0 Å². The minimum atomic E-state index is -3.56. The third kappa shape index (κ3) is 4.84. The third-order valence-electron chi connectivity index (χ3n) is 5.99. The molecular weight excluding hydrogens is 506 g/mol. The van der Waals surface area contributed by atoms with Crippen LogP contribution in [-0.2, 0) is 16.6 Å². The molecule has 0 spiro atoms. The number of fused-ring (bicyclic) bond motifs is 1. The Hall–Kier alpha value is -2.07. The molecular formula is C25H24ClN3O2S3. The highest BCUT2D eigenvalue weighted by Crippen LogP contribution is 2.37. The van der Waals surface area contributed by atoms with Crippen LogP contribution in [0.2, 0.25) is 5.02 Å². The topological polar surface area (TPSA) is 53.5 Å². The maximum absolute atomic E-state index is 13.5. The van der Waals surface area contributed by atoms with Crippen molar-refractivity contribution in [1.29, 1.82) is 0 Å². The van der Waals surface area contributed by atoms with Gasteiger partial charge in [0.15, 0.2) is 0 Å². The van der Waals surface area contributed by atoms with Gasteiger partial charge in [-0.1, -0.05) is 54.1 Å². The molecule has 34 heavy (non-hydrogen) atoms. The van der Waals surface area contributed by atoms with Crippen molar-refractivity contribution in [1.82, 2.24) is 14.2 Å². The van der Waals surface area contributed by atoms with Gasteiger partial charge in [-0.15, -0.1) is 29.3 Å². The number of thiophene rings is 1. The van der Waals surface area contributed by atoms with Gasteiger partial charge in [0.25, 0.3) is 0 Å². The average molecular weight is 530 g/mol. The van der Waals surface area contributed by atoms with Gasteiger partial charge >= 0.3 is 0 Å². The van der Waals surface area contributed by atoms with Crippen LogP contribution in [0, 0.1) is 0 Å². The summed E-state index contributed by atoms with van der Waals surface area (Å²) in [6.07, 6.45) is 1.54. The van der Waals surface area contributed by atoms with Crippen molar-refractivity contribution >= 4 is 54.4 Å². The zero-order valence-electron chi connectivity index (χ0n) is 18.4. The predicted molar refractivity (Wildman–Crippen MR) is 143 cm³/mol. The Labute approximate surface area is 213 Å². The Morgan fingerprint density at radius 3 is 2.59 bits per heavy atom. The standard InChI is InChI=1S/C25H24ClN3O2S3/c1-2-24(23-14-19-8-9-20(26)15-22(19)33-23)34(30,31)29-12-10-28(11-13-29)16-25-27-21(17-32-25)18-6-4-3-5-7-18/h2-9,14-15,17,24H,1,10-13,16H2. The molecule has 1 fully saturated rings. The Balaban J connectivity index is 1.25. The molecule has 3 heterocycles. The molecule has 1 unspecified atom stereocenters. The fourth-order valence-corrected chi connectivity index (χ4v) is 8.44. The van der Waals surface area contributed by atoms with E-state index in [-0.39, 0.29) is 0 Å². The summed E-state index contributed by atoms with van der Waals surface area (Å²) in [6, 6.07) is 17.7. The second kappa shape index (κ2) is 9.89. The van der Waals surface area contributed by atoms with E-state index < -0.39 is 15.3 Å². The van der Waals surface area contributed by atoms with Crippen LogP contribution in [0.15, 0.2) is 72.6 Å². The molecule has 5 rings (SSSR count). The summed E-state index contributed by atoms with van der Waals surface area (Å²) in [7, 11) is -3.56. The maximum Gasteiger partial charge on any atom is 0.225 e. The zero-order chi connectivity index (χ0) is 23.7. The van der Waals surface area contributed by atoms with Crippen molar-refractivity contribution in [2.24, 2.45) is 0 Å². The molecule has 5 nitrogen and oxygen atoms in total. The molecule has 0 radical (unpaired) electrons. The quantitative estimate of drug-likeness (QED) is 0.273. The first-order valence-corrected chi connectivity index (χ1v) is 14.5. The van der Waals surface area contributed by atoms with Gasteiger partial charge in [0.05, 0.1) is 12.2 Å². The molecule has 0 N–H and O–H groups in total. The van der Waals surface area contributed by atoms with E-state index in [4.69, 9.17) is 16.6 Å². The second-order valence-electron chi connectivity index (χ2n) is 8.20. The second-order valence-corrected chi connectivity index (χ2v) is 12.7. The highest BCUT2D eigenvalue weighted by atomic mass is 35.5. The predicted octanol–water partition coefficient (Wildman–Crippen LogP) is 6.05. The number of halogens is 1. The number of rotatable bonds is 7. The fourth-order valence-electron chi connectivity index (χ4n) is 4.17. The molecule has 1 aliphatic heterocycles. The highest BCUT2D eigenvalue weighted by Gasteiger charge is 2.34. The molecule has 176 valence electrons. The van der Waals surface area contributed by atoms with Crippen molar-refractivity contribution in [3.05, 3.63) is 87.5 Å². The monoisotopic (exact) mass is 529 g/mol. The smallest absolute Gasteiger partial charge is 0.225 e. The van der Waals surface area contributed by atoms with Crippen molar-refractivity contribution < 1.29 is 8.42 Å². The summed E-state index contributed by atoms with van der Waals surface area (Å²) in [5.41, 5.74) is 2.10. The normalized spacial score (nSPS) is 16.6. The Morgan fingerprint density at radius 2 is 1.85 bits per heavy atom. The van der Waals surface area contributed by atoms with Gasteiger partial charge in [-0.25, -0.2) is 13.4 Å². The summed E-state index contributed by atoms with van der Waals surface area (Å²) in [4.78, 5) is 7.81. The van der Waals surface area contributed by atoms with Crippen LogP contribution in [0.1, 0.15) is 15.1 Å². The van der Waals surface area contributed by atoms with Gasteiger partial charge in [0, 0.05) is 51.7 Å².